The van der Waals surface area contributed by atoms with Crippen molar-refractivity contribution in [3.05, 3.63) is 66.0 Å². The normalized spacial score (nSPS) is 11.4. The molecular weight excluding hydrogens is 558 g/mol. The predicted octanol–water partition coefficient (Wildman–Crippen LogP) is 7.79. The lowest BCUT2D eigenvalue weighted by molar-refractivity contribution is -0.136. The van der Waals surface area contributed by atoms with Gasteiger partial charge in [-0.3, -0.25) is 4.79 Å². The van der Waals surface area contributed by atoms with Crippen LogP contribution in [0.4, 0.5) is 0 Å². The molecule has 168 valence electrons. The van der Waals surface area contributed by atoms with Gasteiger partial charge in [-0.05, 0) is 93.1 Å². The molecule has 2 aromatic carbocycles. The molecule has 0 saturated carbocycles. The summed E-state index contributed by atoms with van der Waals surface area (Å²) in [6, 6.07) is 7.36. The van der Waals surface area contributed by atoms with Gasteiger partial charge in [0.25, 0.3) is 0 Å². The first-order chi connectivity index (χ1) is 15.2. The Bertz CT molecular complexity index is 1150. The van der Waals surface area contributed by atoms with E-state index in [1.54, 1.807) is 22.9 Å². The number of benzene rings is 2. The maximum atomic E-state index is 10.9. The summed E-state index contributed by atoms with van der Waals surface area (Å²) in [4.78, 5) is 16.2. The van der Waals surface area contributed by atoms with Gasteiger partial charge in [0.15, 0.2) is 5.75 Å². The zero-order valence-electron chi connectivity index (χ0n) is 17.9. The van der Waals surface area contributed by atoms with Gasteiger partial charge in [-0.25, -0.2) is 4.98 Å². The number of aliphatic carboxylic acids is 1. The Morgan fingerprint density at radius 3 is 2.44 bits per heavy atom. The van der Waals surface area contributed by atoms with Gasteiger partial charge < -0.3 is 14.9 Å². The van der Waals surface area contributed by atoms with Crippen LogP contribution < -0.4 is 4.74 Å². The Kier molecular flexibility index (Phi) is 8.14. The second-order valence-electron chi connectivity index (χ2n) is 7.62. The molecule has 0 spiro atoms. The van der Waals surface area contributed by atoms with Crippen LogP contribution in [0, 0.1) is 6.92 Å². The van der Waals surface area contributed by atoms with E-state index < -0.39 is 5.97 Å². The summed E-state index contributed by atoms with van der Waals surface area (Å²) in [5.74, 6) is 0.663. The summed E-state index contributed by atoms with van der Waals surface area (Å²) in [5, 5.41) is 19.7. The van der Waals surface area contributed by atoms with Crippen LogP contribution in [0.5, 0.6) is 17.2 Å². The molecule has 0 radical (unpaired) electrons. The third kappa shape index (κ3) is 5.99. The molecule has 0 fully saturated rings. The van der Waals surface area contributed by atoms with E-state index in [1.807, 2.05) is 51.1 Å². The minimum absolute atomic E-state index is 0.0592. The van der Waals surface area contributed by atoms with Crippen LogP contribution in [0.1, 0.15) is 53.4 Å². The second kappa shape index (κ2) is 10.6. The Labute approximate surface area is 208 Å². The molecule has 3 aromatic rings. The van der Waals surface area contributed by atoms with Gasteiger partial charge in [0.2, 0.25) is 0 Å². The molecule has 0 unspecified atom stereocenters. The predicted molar refractivity (Wildman–Crippen MR) is 136 cm³/mol. The number of aromatic nitrogens is 1. The van der Waals surface area contributed by atoms with E-state index in [0.717, 1.165) is 21.7 Å². The van der Waals surface area contributed by atoms with Crippen molar-refractivity contribution in [2.75, 3.05) is 0 Å². The number of ether oxygens (including phenoxy) is 1. The lowest BCUT2D eigenvalue weighted by Crippen LogP contribution is -1.98. The van der Waals surface area contributed by atoms with E-state index in [9.17, 15) is 9.90 Å². The van der Waals surface area contributed by atoms with Gasteiger partial charge in [0, 0.05) is 22.4 Å². The second-order valence-corrected chi connectivity index (χ2v) is 10.2. The lowest BCUT2D eigenvalue weighted by atomic mass is 9.98. The zero-order chi connectivity index (χ0) is 23.4. The van der Waals surface area contributed by atoms with E-state index in [4.69, 9.17) is 9.84 Å². The monoisotopic (exact) mass is 579 g/mol. The quantitative estimate of drug-likeness (QED) is 0.284. The minimum Gasteiger partial charge on any atom is -0.507 e. The first-order valence-electron chi connectivity index (χ1n) is 9.98. The van der Waals surface area contributed by atoms with Gasteiger partial charge in [-0.15, -0.1) is 11.3 Å². The standard InChI is InChI=1S/C24H23Br2NO4S/c1-13(2)18-11-17(10-16(23(18)30)5-6-21-14(3)27-12-32-21)31-24-19(25)8-15(9-20(24)26)4-7-22(28)29/h5-6,8-13,30H,4,7H2,1-3H3,(H,28,29). The third-order valence-corrected chi connectivity index (χ3v) is 6.94. The molecule has 0 aliphatic carbocycles. The van der Waals surface area contributed by atoms with Gasteiger partial charge in [0.1, 0.15) is 11.5 Å². The first kappa shape index (κ1) is 24.5. The molecule has 0 aliphatic heterocycles. The van der Waals surface area contributed by atoms with Crippen LogP contribution in [0.15, 0.2) is 38.7 Å². The Balaban J connectivity index is 1.96. The number of carbonyl (C=O) groups is 1. The fourth-order valence-electron chi connectivity index (χ4n) is 3.14. The molecule has 1 heterocycles. The average molecular weight is 581 g/mol. The molecule has 0 bridgehead atoms. The van der Waals surface area contributed by atoms with E-state index in [-0.39, 0.29) is 18.1 Å². The molecule has 0 aliphatic rings. The highest BCUT2D eigenvalue weighted by Gasteiger charge is 2.16. The molecular formula is C24H23Br2NO4S. The SMILES string of the molecule is Cc1ncsc1C=Cc1cc(Oc2c(Br)cc(CCC(=O)O)cc2Br)cc(C(C)C)c1O. The van der Waals surface area contributed by atoms with Gasteiger partial charge >= 0.3 is 5.97 Å². The van der Waals surface area contributed by atoms with Crippen molar-refractivity contribution in [1.29, 1.82) is 0 Å². The van der Waals surface area contributed by atoms with Crippen LogP contribution in [-0.4, -0.2) is 21.2 Å². The van der Waals surface area contributed by atoms with Crippen molar-refractivity contribution >= 4 is 61.3 Å². The molecule has 5 nitrogen and oxygen atoms in total. The highest BCUT2D eigenvalue weighted by atomic mass is 79.9. The summed E-state index contributed by atoms with van der Waals surface area (Å²) in [6.07, 6.45) is 4.30. The molecule has 2 N–H and O–H groups in total. The van der Waals surface area contributed by atoms with Gasteiger partial charge in [-0.1, -0.05) is 13.8 Å². The molecule has 0 amide bonds. The maximum Gasteiger partial charge on any atom is 0.303 e. The third-order valence-electron chi connectivity index (χ3n) is 4.87. The number of phenolic OH excluding ortho intramolecular Hbond substituents is 1. The molecule has 3 rings (SSSR count). The number of thiazole rings is 1. The summed E-state index contributed by atoms with van der Waals surface area (Å²) < 4.78 is 7.63. The number of aromatic hydroxyl groups is 1. The average Bonchev–Trinajstić information content (AvgIpc) is 3.13. The Morgan fingerprint density at radius 2 is 1.88 bits per heavy atom. The fraction of sp³-hybridized carbons (Fsp3) is 0.250. The van der Waals surface area contributed by atoms with E-state index in [1.165, 1.54) is 0 Å². The van der Waals surface area contributed by atoms with E-state index in [0.29, 0.717) is 32.4 Å². The van der Waals surface area contributed by atoms with Crippen LogP contribution in [0.2, 0.25) is 0 Å². The highest BCUT2D eigenvalue weighted by Crippen LogP contribution is 2.41. The number of hydrogen-bond donors (Lipinski definition) is 2. The van der Waals surface area contributed by atoms with Crippen molar-refractivity contribution in [2.24, 2.45) is 0 Å². The molecule has 8 heteroatoms. The first-order valence-corrected chi connectivity index (χ1v) is 12.4. The van der Waals surface area contributed by atoms with E-state index >= 15 is 0 Å². The topological polar surface area (TPSA) is 79.7 Å². The smallest absolute Gasteiger partial charge is 0.303 e. The lowest BCUT2D eigenvalue weighted by Gasteiger charge is -2.16. The number of hydrogen-bond acceptors (Lipinski definition) is 5. The molecule has 32 heavy (non-hydrogen) atoms. The maximum absolute atomic E-state index is 10.9. The largest absolute Gasteiger partial charge is 0.507 e. The highest BCUT2D eigenvalue weighted by molar-refractivity contribution is 9.11. The molecule has 0 saturated heterocycles. The van der Waals surface area contributed by atoms with Crippen molar-refractivity contribution in [3.8, 4) is 17.2 Å². The number of carboxylic acids is 1. The van der Waals surface area contributed by atoms with Crippen LogP contribution in [0.25, 0.3) is 12.2 Å². The van der Waals surface area contributed by atoms with Gasteiger partial charge in [0.05, 0.1) is 20.1 Å². The summed E-state index contributed by atoms with van der Waals surface area (Å²) >= 11 is 8.62. The number of rotatable bonds is 8. The number of phenols is 1. The summed E-state index contributed by atoms with van der Waals surface area (Å²) in [5.41, 5.74) is 5.06. The van der Waals surface area contributed by atoms with Crippen LogP contribution in [-0.2, 0) is 11.2 Å². The van der Waals surface area contributed by atoms with Crippen molar-refractivity contribution in [1.82, 2.24) is 4.98 Å². The van der Waals surface area contributed by atoms with Crippen LogP contribution in [0.3, 0.4) is 0 Å². The minimum atomic E-state index is -0.836. The number of nitrogens with zero attached hydrogens (tertiary/aromatic N) is 1. The van der Waals surface area contributed by atoms with Crippen molar-refractivity contribution < 1.29 is 19.7 Å². The Hall–Kier alpha value is -2.16. The van der Waals surface area contributed by atoms with Crippen molar-refractivity contribution in [3.63, 3.8) is 0 Å². The number of aryl methyl sites for hydroxylation is 2. The molecule has 0 atom stereocenters. The van der Waals surface area contributed by atoms with Crippen LogP contribution >= 0.6 is 43.2 Å². The van der Waals surface area contributed by atoms with Gasteiger partial charge in [-0.2, -0.15) is 0 Å². The zero-order valence-corrected chi connectivity index (χ0v) is 21.8. The molecule has 1 aromatic heterocycles. The summed E-state index contributed by atoms with van der Waals surface area (Å²) in [7, 11) is 0. The number of halogens is 2. The van der Waals surface area contributed by atoms with E-state index in [2.05, 4.69) is 36.8 Å². The Morgan fingerprint density at radius 1 is 1.19 bits per heavy atom. The number of carboxylic acid groups (broad SMARTS) is 1. The summed E-state index contributed by atoms with van der Waals surface area (Å²) in [6.45, 7) is 5.98. The van der Waals surface area contributed by atoms with Crippen molar-refractivity contribution in [2.45, 2.75) is 39.5 Å². The fourth-order valence-corrected chi connectivity index (χ4v) is 5.27.